The van der Waals surface area contributed by atoms with Crippen LogP contribution in [0.2, 0.25) is 0 Å². The van der Waals surface area contributed by atoms with Crippen molar-refractivity contribution in [2.24, 2.45) is 5.41 Å². The number of carbonyl (C=O) groups is 1. The summed E-state index contributed by atoms with van der Waals surface area (Å²) in [7, 11) is 0. The van der Waals surface area contributed by atoms with Gasteiger partial charge in [0, 0.05) is 15.4 Å². The van der Waals surface area contributed by atoms with Gasteiger partial charge in [-0.05, 0) is 59.4 Å². The third kappa shape index (κ3) is 5.42. The maximum Gasteiger partial charge on any atom is 0.252 e. The Morgan fingerprint density at radius 2 is 2.11 bits per heavy atom. The van der Waals surface area contributed by atoms with E-state index < -0.39 is 0 Å². The first-order chi connectivity index (χ1) is 8.87. The van der Waals surface area contributed by atoms with Crippen molar-refractivity contribution in [3.8, 4) is 0 Å². The van der Waals surface area contributed by atoms with Crippen LogP contribution in [0.4, 0.5) is 0 Å². The molecule has 2 nitrogen and oxygen atoms in total. The van der Waals surface area contributed by atoms with Crippen LogP contribution in [-0.2, 0) is 0 Å². The van der Waals surface area contributed by atoms with Gasteiger partial charge in [0.1, 0.15) is 0 Å². The van der Waals surface area contributed by atoms with Crippen molar-refractivity contribution in [3.63, 3.8) is 0 Å². The molecule has 1 amide bonds. The number of alkyl halides is 1. The molecule has 1 aromatic rings. The van der Waals surface area contributed by atoms with Gasteiger partial charge in [-0.25, -0.2) is 0 Å². The number of aryl methyl sites for hydroxylation is 1. The number of carbonyl (C=O) groups excluding carboxylic acids is 1. The lowest BCUT2D eigenvalue weighted by atomic mass is 9.88. The van der Waals surface area contributed by atoms with Crippen LogP contribution in [0.25, 0.3) is 0 Å². The molecule has 0 saturated heterocycles. The second-order valence-corrected chi connectivity index (χ2v) is 7.45. The monoisotopic (exact) mass is 437 g/mol. The lowest BCUT2D eigenvalue weighted by Crippen LogP contribution is -2.34. The highest BCUT2D eigenvalue weighted by Gasteiger charge is 2.19. The van der Waals surface area contributed by atoms with Crippen molar-refractivity contribution in [2.75, 3.05) is 11.9 Å². The minimum Gasteiger partial charge on any atom is -0.351 e. The molecule has 0 aliphatic rings. The van der Waals surface area contributed by atoms with Gasteiger partial charge in [0.25, 0.3) is 5.91 Å². The Balaban J connectivity index is 2.63. The van der Waals surface area contributed by atoms with Gasteiger partial charge < -0.3 is 5.32 Å². The standard InChI is InChI=1S/C15H21BrINO/c1-11-6-4-7-12(13(11)17)14(19)18-10-15(2,3)8-5-9-16/h4,6-7H,5,8-10H2,1-3H3,(H,18,19). The Morgan fingerprint density at radius 1 is 1.42 bits per heavy atom. The molecule has 0 aliphatic heterocycles. The molecule has 0 radical (unpaired) electrons. The molecule has 0 aliphatic carbocycles. The molecule has 1 rings (SSSR count). The predicted molar refractivity (Wildman–Crippen MR) is 93.0 cm³/mol. The van der Waals surface area contributed by atoms with Crippen molar-refractivity contribution >= 4 is 44.4 Å². The average molecular weight is 438 g/mol. The van der Waals surface area contributed by atoms with Gasteiger partial charge in [0.15, 0.2) is 0 Å². The second-order valence-electron chi connectivity index (χ2n) is 5.58. The molecule has 0 bridgehead atoms. The van der Waals surface area contributed by atoms with Gasteiger partial charge in [0.05, 0.1) is 5.56 Å². The van der Waals surface area contributed by atoms with E-state index in [9.17, 15) is 4.79 Å². The van der Waals surface area contributed by atoms with Crippen LogP contribution in [0, 0.1) is 15.9 Å². The van der Waals surface area contributed by atoms with Gasteiger partial charge in [-0.15, -0.1) is 0 Å². The minimum absolute atomic E-state index is 0.0278. The van der Waals surface area contributed by atoms with Gasteiger partial charge in [-0.3, -0.25) is 4.79 Å². The highest BCUT2D eigenvalue weighted by molar-refractivity contribution is 14.1. The summed E-state index contributed by atoms with van der Waals surface area (Å²) in [6.45, 7) is 7.12. The molecule has 1 N–H and O–H groups in total. The summed E-state index contributed by atoms with van der Waals surface area (Å²) < 4.78 is 1.04. The van der Waals surface area contributed by atoms with Gasteiger partial charge in [-0.2, -0.15) is 0 Å². The summed E-state index contributed by atoms with van der Waals surface area (Å²) in [4.78, 5) is 12.2. The van der Waals surface area contributed by atoms with E-state index in [4.69, 9.17) is 0 Å². The summed E-state index contributed by atoms with van der Waals surface area (Å²) in [5.74, 6) is 0.0278. The molecule has 0 saturated carbocycles. The maximum atomic E-state index is 12.2. The zero-order valence-corrected chi connectivity index (χ0v) is 15.5. The number of rotatable bonds is 6. The van der Waals surface area contributed by atoms with Crippen molar-refractivity contribution in [3.05, 3.63) is 32.9 Å². The van der Waals surface area contributed by atoms with E-state index in [-0.39, 0.29) is 11.3 Å². The lowest BCUT2D eigenvalue weighted by molar-refractivity contribution is 0.0933. The minimum atomic E-state index is 0.0278. The van der Waals surface area contributed by atoms with E-state index >= 15 is 0 Å². The summed E-state index contributed by atoms with van der Waals surface area (Å²) in [6, 6.07) is 5.84. The zero-order valence-electron chi connectivity index (χ0n) is 11.7. The van der Waals surface area contributed by atoms with E-state index in [1.165, 1.54) is 0 Å². The lowest BCUT2D eigenvalue weighted by Gasteiger charge is -2.24. The SMILES string of the molecule is Cc1cccc(C(=O)NCC(C)(C)CCCBr)c1I. The molecule has 19 heavy (non-hydrogen) atoms. The highest BCUT2D eigenvalue weighted by atomic mass is 127. The fraction of sp³-hybridized carbons (Fsp3) is 0.533. The Kier molecular flexibility index (Phi) is 6.80. The summed E-state index contributed by atoms with van der Waals surface area (Å²) >= 11 is 5.68. The van der Waals surface area contributed by atoms with Gasteiger partial charge >= 0.3 is 0 Å². The van der Waals surface area contributed by atoms with E-state index in [0.717, 1.165) is 32.9 Å². The topological polar surface area (TPSA) is 29.1 Å². The van der Waals surface area contributed by atoms with Crippen LogP contribution in [0.5, 0.6) is 0 Å². The summed E-state index contributed by atoms with van der Waals surface area (Å²) in [6.07, 6.45) is 2.23. The molecule has 106 valence electrons. The normalized spacial score (nSPS) is 11.4. The maximum absolute atomic E-state index is 12.2. The Labute approximate surface area is 138 Å². The molecule has 0 heterocycles. The molecule has 1 aromatic carbocycles. The van der Waals surface area contributed by atoms with Crippen LogP contribution in [0.3, 0.4) is 0 Å². The predicted octanol–water partition coefficient (Wildman–Crippen LogP) is 4.53. The van der Waals surface area contributed by atoms with Gasteiger partial charge in [0.2, 0.25) is 0 Å². The van der Waals surface area contributed by atoms with Crippen molar-refractivity contribution < 1.29 is 4.79 Å². The van der Waals surface area contributed by atoms with Crippen LogP contribution in [0.1, 0.15) is 42.6 Å². The Bertz CT molecular complexity index is 446. The third-order valence-corrected chi connectivity index (χ3v) is 5.14. The quantitative estimate of drug-likeness (QED) is 0.514. The van der Waals surface area contributed by atoms with Crippen LogP contribution in [0.15, 0.2) is 18.2 Å². The fourth-order valence-corrected chi connectivity index (χ4v) is 2.76. The first kappa shape index (κ1) is 17.0. The molecule has 0 atom stereocenters. The number of nitrogens with one attached hydrogen (secondary N) is 1. The number of amides is 1. The smallest absolute Gasteiger partial charge is 0.252 e. The third-order valence-electron chi connectivity index (χ3n) is 3.15. The van der Waals surface area contributed by atoms with Crippen LogP contribution in [-0.4, -0.2) is 17.8 Å². The largest absolute Gasteiger partial charge is 0.351 e. The van der Waals surface area contributed by atoms with Crippen molar-refractivity contribution in [2.45, 2.75) is 33.6 Å². The zero-order chi connectivity index (χ0) is 14.5. The number of hydrogen-bond donors (Lipinski definition) is 1. The number of halogens is 2. The molecule has 0 unspecified atom stereocenters. The Hall–Kier alpha value is -0.100. The number of benzene rings is 1. The van der Waals surface area contributed by atoms with Crippen LogP contribution < -0.4 is 5.32 Å². The van der Waals surface area contributed by atoms with E-state index in [2.05, 4.69) is 57.7 Å². The molecule has 4 heteroatoms. The number of hydrogen-bond acceptors (Lipinski definition) is 1. The van der Waals surface area contributed by atoms with Crippen LogP contribution >= 0.6 is 38.5 Å². The first-order valence-electron chi connectivity index (χ1n) is 6.47. The molecular weight excluding hydrogens is 417 g/mol. The van der Waals surface area contributed by atoms with Crippen molar-refractivity contribution in [1.82, 2.24) is 5.32 Å². The summed E-state index contributed by atoms with van der Waals surface area (Å²) in [5, 5.41) is 4.07. The van der Waals surface area contributed by atoms with E-state index in [0.29, 0.717) is 6.54 Å². The summed E-state index contributed by atoms with van der Waals surface area (Å²) in [5.41, 5.74) is 2.06. The molecule has 0 aromatic heterocycles. The first-order valence-corrected chi connectivity index (χ1v) is 8.67. The van der Waals surface area contributed by atoms with Crippen molar-refractivity contribution in [1.29, 1.82) is 0 Å². The fourth-order valence-electron chi connectivity index (χ4n) is 1.87. The molecule has 0 spiro atoms. The average Bonchev–Trinajstić information content (AvgIpc) is 2.37. The molecular formula is C15H21BrINO. The van der Waals surface area contributed by atoms with Gasteiger partial charge in [-0.1, -0.05) is 41.9 Å². The molecule has 0 fully saturated rings. The highest BCUT2D eigenvalue weighted by Crippen LogP contribution is 2.22. The Morgan fingerprint density at radius 3 is 2.74 bits per heavy atom. The van der Waals surface area contributed by atoms with E-state index in [1.807, 2.05) is 25.1 Å². The van der Waals surface area contributed by atoms with E-state index in [1.54, 1.807) is 0 Å². The second kappa shape index (κ2) is 7.62.